The van der Waals surface area contributed by atoms with Gasteiger partial charge in [0.2, 0.25) is 0 Å². The van der Waals surface area contributed by atoms with E-state index in [2.05, 4.69) is 40.2 Å². The molecule has 1 aliphatic carbocycles. The zero-order chi connectivity index (χ0) is 14.8. The van der Waals surface area contributed by atoms with Crippen molar-refractivity contribution in [2.75, 3.05) is 7.11 Å². The smallest absolute Gasteiger partial charge is 0.119 e. The first-order chi connectivity index (χ1) is 10.2. The molecule has 2 aromatic carbocycles. The van der Waals surface area contributed by atoms with Crippen LogP contribution in [0.15, 0.2) is 46.9 Å². The van der Waals surface area contributed by atoms with Crippen LogP contribution < -0.4 is 10.5 Å². The summed E-state index contributed by atoms with van der Waals surface area (Å²) in [6.45, 7) is 0. The summed E-state index contributed by atoms with van der Waals surface area (Å²) >= 11 is 3.58. The molecule has 1 unspecified atom stereocenters. The van der Waals surface area contributed by atoms with Crippen LogP contribution in [-0.4, -0.2) is 7.11 Å². The van der Waals surface area contributed by atoms with Crippen LogP contribution in [0.1, 0.15) is 47.9 Å². The number of hydrogen-bond donors (Lipinski definition) is 1. The molecule has 0 radical (unpaired) electrons. The van der Waals surface area contributed by atoms with Gasteiger partial charge < -0.3 is 10.5 Å². The SMILES string of the molecule is COc1ccc(Br)c(C(N)c2ccc(C3CCC3)cc2)c1. The molecule has 1 saturated carbocycles. The molecule has 0 spiro atoms. The second-order valence-corrected chi connectivity index (χ2v) is 6.51. The summed E-state index contributed by atoms with van der Waals surface area (Å²) in [7, 11) is 1.67. The molecule has 1 aliphatic rings. The first kappa shape index (κ1) is 14.6. The van der Waals surface area contributed by atoms with Gasteiger partial charge >= 0.3 is 0 Å². The Morgan fingerprint density at radius 3 is 2.43 bits per heavy atom. The second-order valence-electron chi connectivity index (χ2n) is 5.66. The van der Waals surface area contributed by atoms with Gasteiger partial charge in [-0.15, -0.1) is 0 Å². The van der Waals surface area contributed by atoms with Gasteiger partial charge in [0.15, 0.2) is 0 Å². The lowest BCUT2D eigenvalue weighted by Gasteiger charge is -2.26. The molecule has 2 aromatic rings. The van der Waals surface area contributed by atoms with Crippen LogP contribution in [0.25, 0.3) is 0 Å². The Balaban J connectivity index is 1.85. The summed E-state index contributed by atoms with van der Waals surface area (Å²) in [4.78, 5) is 0. The van der Waals surface area contributed by atoms with Crippen molar-refractivity contribution in [2.45, 2.75) is 31.2 Å². The molecule has 110 valence electrons. The van der Waals surface area contributed by atoms with E-state index in [1.165, 1.54) is 24.8 Å². The molecular weight excluding hydrogens is 326 g/mol. The second kappa shape index (κ2) is 6.20. The minimum Gasteiger partial charge on any atom is -0.497 e. The van der Waals surface area contributed by atoms with Crippen molar-refractivity contribution in [3.8, 4) is 5.75 Å². The van der Waals surface area contributed by atoms with Gasteiger partial charge in [0.1, 0.15) is 5.75 Å². The fourth-order valence-corrected chi connectivity index (χ4v) is 3.28. The molecule has 0 amide bonds. The Kier molecular flexibility index (Phi) is 4.32. The quantitative estimate of drug-likeness (QED) is 0.865. The van der Waals surface area contributed by atoms with Crippen LogP contribution in [0.2, 0.25) is 0 Å². The van der Waals surface area contributed by atoms with E-state index in [1.54, 1.807) is 7.11 Å². The van der Waals surface area contributed by atoms with Crippen molar-refractivity contribution < 1.29 is 4.74 Å². The monoisotopic (exact) mass is 345 g/mol. The van der Waals surface area contributed by atoms with Gasteiger partial charge in [-0.3, -0.25) is 0 Å². The van der Waals surface area contributed by atoms with Crippen molar-refractivity contribution in [3.63, 3.8) is 0 Å². The number of halogens is 1. The first-order valence-corrected chi connectivity index (χ1v) is 8.17. The van der Waals surface area contributed by atoms with Crippen molar-refractivity contribution >= 4 is 15.9 Å². The van der Waals surface area contributed by atoms with E-state index in [0.717, 1.165) is 27.3 Å². The molecule has 2 nitrogen and oxygen atoms in total. The lowest BCUT2D eigenvalue weighted by atomic mass is 9.79. The molecule has 0 bridgehead atoms. The molecule has 0 saturated heterocycles. The summed E-state index contributed by atoms with van der Waals surface area (Å²) in [5, 5.41) is 0. The summed E-state index contributed by atoms with van der Waals surface area (Å²) in [6, 6.07) is 14.5. The normalized spacial score (nSPS) is 16.3. The molecule has 2 N–H and O–H groups in total. The lowest BCUT2D eigenvalue weighted by molar-refractivity contribution is 0.414. The van der Waals surface area contributed by atoms with Gasteiger partial charge in [0.25, 0.3) is 0 Å². The highest BCUT2D eigenvalue weighted by atomic mass is 79.9. The average molecular weight is 346 g/mol. The molecule has 1 fully saturated rings. The number of hydrogen-bond acceptors (Lipinski definition) is 2. The predicted molar refractivity (Wildman–Crippen MR) is 89.8 cm³/mol. The highest BCUT2D eigenvalue weighted by molar-refractivity contribution is 9.10. The maximum atomic E-state index is 6.43. The van der Waals surface area contributed by atoms with Crippen LogP contribution >= 0.6 is 15.9 Å². The number of benzene rings is 2. The third-order valence-electron chi connectivity index (χ3n) is 4.41. The molecule has 0 heterocycles. The number of ether oxygens (including phenoxy) is 1. The van der Waals surface area contributed by atoms with Gasteiger partial charge in [-0.1, -0.05) is 46.6 Å². The van der Waals surface area contributed by atoms with E-state index in [1.807, 2.05) is 18.2 Å². The van der Waals surface area contributed by atoms with E-state index in [4.69, 9.17) is 10.5 Å². The highest BCUT2D eigenvalue weighted by Crippen LogP contribution is 2.37. The van der Waals surface area contributed by atoms with E-state index in [9.17, 15) is 0 Å². The Morgan fingerprint density at radius 2 is 1.86 bits per heavy atom. The van der Waals surface area contributed by atoms with Crippen LogP contribution in [-0.2, 0) is 0 Å². The predicted octanol–water partition coefficient (Wildman–Crippen LogP) is 4.77. The topological polar surface area (TPSA) is 35.2 Å². The Morgan fingerprint density at radius 1 is 1.14 bits per heavy atom. The van der Waals surface area contributed by atoms with Crippen LogP contribution in [0.3, 0.4) is 0 Å². The lowest BCUT2D eigenvalue weighted by Crippen LogP contribution is -2.13. The fourth-order valence-electron chi connectivity index (χ4n) is 2.78. The third-order valence-corrected chi connectivity index (χ3v) is 5.13. The Labute approximate surface area is 134 Å². The summed E-state index contributed by atoms with van der Waals surface area (Å²) in [5.41, 5.74) is 10.1. The maximum Gasteiger partial charge on any atom is 0.119 e. The van der Waals surface area contributed by atoms with Crippen molar-refractivity contribution in [3.05, 3.63) is 63.6 Å². The number of nitrogens with two attached hydrogens (primary N) is 1. The number of methoxy groups -OCH3 is 1. The van der Waals surface area contributed by atoms with Gasteiger partial charge in [-0.25, -0.2) is 0 Å². The van der Waals surface area contributed by atoms with E-state index in [-0.39, 0.29) is 6.04 Å². The van der Waals surface area contributed by atoms with E-state index >= 15 is 0 Å². The van der Waals surface area contributed by atoms with Crippen LogP contribution in [0.5, 0.6) is 5.75 Å². The first-order valence-electron chi connectivity index (χ1n) is 7.38. The van der Waals surface area contributed by atoms with Crippen LogP contribution in [0.4, 0.5) is 0 Å². The largest absolute Gasteiger partial charge is 0.497 e. The van der Waals surface area contributed by atoms with Crippen LogP contribution in [0, 0.1) is 0 Å². The maximum absolute atomic E-state index is 6.43. The minimum atomic E-state index is -0.148. The van der Waals surface area contributed by atoms with E-state index in [0.29, 0.717) is 0 Å². The van der Waals surface area contributed by atoms with Gasteiger partial charge in [0, 0.05) is 4.47 Å². The van der Waals surface area contributed by atoms with E-state index < -0.39 is 0 Å². The molecule has 21 heavy (non-hydrogen) atoms. The average Bonchev–Trinajstić information content (AvgIpc) is 2.46. The van der Waals surface area contributed by atoms with Crippen molar-refractivity contribution in [1.82, 2.24) is 0 Å². The summed E-state index contributed by atoms with van der Waals surface area (Å²) in [6.07, 6.45) is 4.02. The Hall–Kier alpha value is -1.32. The zero-order valence-electron chi connectivity index (χ0n) is 12.2. The molecule has 3 heteroatoms. The molecule has 0 aliphatic heterocycles. The standard InChI is InChI=1S/C18H20BrNO/c1-21-15-9-10-17(19)16(11-15)18(20)14-7-5-13(6-8-14)12-3-2-4-12/h5-12,18H,2-4,20H2,1H3. The Bertz CT molecular complexity index is 620. The number of rotatable bonds is 4. The van der Waals surface area contributed by atoms with Crippen molar-refractivity contribution in [2.24, 2.45) is 5.73 Å². The van der Waals surface area contributed by atoms with Gasteiger partial charge in [-0.2, -0.15) is 0 Å². The van der Waals surface area contributed by atoms with Crippen molar-refractivity contribution in [1.29, 1.82) is 0 Å². The summed E-state index contributed by atoms with van der Waals surface area (Å²) < 4.78 is 6.31. The highest BCUT2D eigenvalue weighted by Gasteiger charge is 2.20. The fraction of sp³-hybridized carbons (Fsp3) is 0.333. The van der Waals surface area contributed by atoms with Gasteiger partial charge in [0.05, 0.1) is 13.2 Å². The molecule has 1 atom stereocenters. The molecule has 0 aromatic heterocycles. The minimum absolute atomic E-state index is 0.148. The van der Waals surface area contributed by atoms with Gasteiger partial charge in [-0.05, 0) is 53.6 Å². The zero-order valence-corrected chi connectivity index (χ0v) is 13.8. The third kappa shape index (κ3) is 2.99. The molecule has 3 rings (SSSR count). The molecular formula is C18H20BrNO. The summed E-state index contributed by atoms with van der Waals surface area (Å²) in [5.74, 6) is 1.59.